The summed E-state index contributed by atoms with van der Waals surface area (Å²) < 4.78 is 5.01. The SMILES string of the molecule is N#Cc1cc(N2CCN(CC(=O)Nc3ccc4[nH]c(=O)oc4c3)CC2)ccc1Cl. The van der Waals surface area contributed by atoms with Gasteiger partial charge >= 0.3 is 5.76 Å². The lowest BCUT2D eigenvalue weighted by molar-refractivity contribution is -0.117. The number of halogens is 1. The number of benzene rings is 2. The van der Waals surface area contributed by atoms with Crippen molar-refractivity contribution in [3.05, 3.63) is 57.5 Å². The molecule has 1 aromatic heterocycles. The molecule has 2 heterocycles. The van der Waals surface area contributed by atoms with E-state index in [4.69, 9.17) is 21.3 Å². The monoisotopic (exact) mass is 411 g/mol. The van der Waals surface area contributed by atoms with Gasteiger partial charge in [0.2, 0.25) is 5.91 Å². The normalized spacial score (nSPS) is 14.7. The summed E-state index contributed by atoms with van der Waals surface area (Å²) in [4.78, 5) is 30.4. The van der Waals surface area contributed by atoms with E-state index in [1.165, 1.54) is 0 Å². The number of nitriles is 1. The number of carbonyl (C=O) groups is 1. The van der Waals surface area contributed by atoms with Crippen LogP contribution in [0.25, 0.3) is 11.1 Å². The van der Waals surface area contributed by atoms with E-state index < -0.39 is 5.76 Å². The topological polar surface area (TPSA) is 105 Å². The van der Waals surface area contributed by atoms with Gasteiger partial charge in [-0.1, -0.05) is 11.6 Å². The summed E-state index contributed by atoms with van der Waals surface area (Å²) in [6.07, 6.45) is 0. The number of hydrogen-bond donors (Lipinski definition) is 2. The van der Waals surface area contributed by atoms with Gasteiger partial charge in [0.05, 0.1) is 22.6 Å². The van der Waals surface area contributed by atoms with Crippen molar-refractivity contribution >= 4 is 40.0 Å². The van der Waals surface area contributed by atoms with Gasteiger partial charge in [-0.3, -0.25) is 14.7 Å². The molecule has 0 atom stereocenters. The first-order valence-corrected chi connectivity index (χ1v) is 9.49. The van der Waals surface area contributed by atoms with Crippen LogP contribution in [0.1, 0.15) is 5.56 Å². The molecular formula is C20H18ClN5O3. The average molecular weight is 412 g/mol. The first-order chi connectivity index (χ1) is 14.0. The summed E-state index contributed by atoms with van der Waals surface area (Å²) in [5.74, 6) is -0.655. The molecule has 1 saturated heterocycles. The molecule has 2 N–H and O–H groups in total. The summed E-state index contributed by atoms with van der Waals surface area (Å²) in [5.41, 5.74) is 2.98. The van der Waals surface area contributed by atoms with Crippen LogP contribution < -0.4 is 16.0 Å². The first kappa shape index (κ1) is 19.1. The number of carbonyl (C=O) groups excluding carboxylic acids is 1. The highest BCUT2D eigenvalue weighted by Crippen LogP contribution is 2.23. The van der Waals surface area contributed by atoms with Gasteiger partial charge < -0.3 is 14.6 Å². The van der Waals surface area contributed by atoms with E-state index in [0.717, 1.165) is 31.9 Å². The fourth-order valence-electron chi connectivity index (χ4n) is 3.39. The minimum atomic E-state index is -0.524. The minimum Gasteiger partial charge on any atom is -0.408 e. The third-order valence-corrected chi connectivity index (χ3v) is 5.21. The van der Waals surface area contributed by atoms with E-state index >= 15 is 0 Å². The van der Waals surface area contributed by atoms with Crippen molar-refractivity contribution in [1.29, 1.82) is 5.26 Å². The molecule has 4 rings (SSSR count). The van der Waals surface area contributed by atoms with Crippen molar-refractivity contribution in [2.24, 2.45) is 0 Å². The zero-order valence-corrected chi connectivity index (χ0v) is 16.2. The predicted molar refractivity (Wildman–Crippen MR) is 110 cm³/mol. The molecule has 0 aliphatic carbocycles. The number of hydrogen-bond acceptors (Lipinski definition) is 6. The fourth-order valence-corrected chi connectivity index (χ4v) is 3.55. The van der Waals surface area contributed by atoms with Crippen molar-refractivity contribution in [1.82, 2.24) is 9.88 Å². The molecule has 8 nitrogen and oxygen atoms in total. The fraction of sp³-hybridized carbons (Fsp3) is 0.250. The number of amides is 1. The molecule has 9 heteroatoms. The molecule has 0 bridgehead atoms. The van der Waals surface area contributed by atoms with Crippen molar-refractivity contribution in [3.63, 3.8) is 0 Å². The second-order valence-electron chi connectivity index (χ2n) is 6.81. The lowest BCUT2D eigenvalue weighted by Gasteiger charge is -2.35. The summed E-state index contributed by atoms with van der Waals surface area (Å²) >= 11 is 6.00. The van der Waals surface area contributed by atoms with Crippen LogP contribution in [0.3, 0.4) is 0 Å². The number of aromatic amines is 1. The Labute approximate surface area is 171 Å². The molecule has 1 fully saturated rings. The number of aromatic nitrogens is 1. The smallest absolute Gasteiger partial charge is 0.408 e. The van der Waals surface area contributed by atoms with Gasteiger partial charge in [-0.15, -0.1) is 0 Å². The van der Waals surface area contributed by atoms with Crippen LogP contribution in [0.5, 0.6) is 0 Å². The van der Waals surface area contributed by atoms with E-state index in [1.54, 1.807) is 30.3 Å². The minimum absolute atomic E-state index is 0.131. The van der Waals surface area contributed by atoms with Crippen LogP contribution in [0, 0.1) is 11.3 Å². The Balaban J connectivity index is 1.32. The molecule has 3 aromatic rings. The largest absolute Gasteiger partial charge is 0.417 e. The second-order valence-corrected chi connectivity index (χ2v) is 7.22. The number of oxazole rings is 1. The van der Waals surface area contributed by atoms with Crippen LogP contribution in [-0.4, -0.2) is 48.5 Å². The molecule has 0 radical (unpaired) electrons. The molecule has 0 saturated carbocycles. The number of piperazine rings is 1. The van der Waals surface area contributed by atoms with Crippen LogP contribution in [-0.2, 0) is 4.79 Å². The third kappa shape index (κ3) is 4.26. The average Bonchev–Trinajstić information content (AvgIpc) is 3.08. The highest BCUT2D eigenvalue weighted by atomic mass is 35.5. The summed E-state index contributed by atoms with van der Waals surface area (Å²) in [7, 11) is 0. The van der Waals surface area contributed by atoms with Gasteiger partial charge in [0.25, 0.3) is 0 Å². The van der Waals surface area contributed by atoms with Crippen LogP contribution >= 0.6 is 11.6 Å². The van der Waals surface area contributed by atoms with Crippen molar-refractivity contribution < 1.29 is 9.21 Å². The maximum Gasteiger partial charge on any atom is 0.417 e. The lowest BCUT2D eigenvalue weighted by atomic mass is 10.2. The number of nitrogens with one attached hydrogen (secondary N) is 2. The standard InChI is InChI=1S/C20H18ClN5O3/c21-16-3-2-15(9-13(16)11-22)26-7-5-25(6-8-26)12-19(27)23-14-1-4-17-18(10-14)29-20(28)24-17/h1-4,9-10H,5-8,12H2,(H,23,27)(H,24,28). The third-order valence-electron chi connectivity index (χ3n) is 4.88. The highest BCUT2D eigenvalue weighted by molar-refractivity contribution is 6.31. The molecule has 29 heavy (non-hydrogen) atoms. The Kier molecular flexibility index (Phi) is 5.25. The lowest BCUT2D eigenvalue weighted by Crippen LogP contribution is -2.48. The molecule has 0 unspecified atom stereocenters. The van der Waals surface area contributed by atoms with E-state index in [1.807, 2.05) is 6.07 Å². The molecule has 0 spiro atoms. The first-order valence-electron chi connectivity index (χ1n) is 9.11. The van der Waals surface area contributed by atoms with Crippen LogP contribution in [0.15, 0.2) is 45.6 Å². The van der Waals surface area contributed by atoms with Crippen molar-refractivity contribution in [2.75, 3.05) is 42.9 Å². The Morgan fingerprint density at radius 1 is 1.21 bits per heavy atom. The van der Waals surface area contributed by atoms with Crippen LogP contribution in [0.2, 0.25) is 5.02 Å². The van der Waals surface area contributed by atoms with Gasteiger partial charge in [-0.2, -0.15) is 5.26 Å². The Morgan fingerprint density at radius 3 is 2.76 bits per heavy atom. The van der Waals surface area contributed by atoms with E-state index in [0.29, 0.717) is 27.4 Å². The van der Waals surface area contributed by atoms with Crippen LogP contribution in [0.4, 0.5) is 11.4 Å². The zero-order chi connectivity index (χ0) is 20.4. The molecule has 1 aliphatic rings. The Bertz CT molecular complexity index is 1150. The molecule has 2 aromatic carbocycles. The Hall–Kier alpha value is -3.28. The number of nitrogens with zero attached hydrogens (tertiary/aromatic N) is 3. The van der Waals surface area contributed by atoms with E-state index in [-0.39, 0.29) is 12.5 Å². The van der Waals surface area contributed by atoms with E-state index in [9.17, 15) is 9.59 Å². The predicted octanol–water partition coefficient (Wildman–Crippen LogP) is 2.41. The van der Waals surface area contributed by atoms with Gasteiger partial charge in [0.15, 0.2) is 5.58 Å². The summed E-state index contributed by atoms with van der Waals surface area (Å²) in [6.45, 7) is 3.22. The number of rotatable bonds is 4. The summed E-state index contributed by atoms with van der Waals surface area (Å²) in [5, 5.41) is 12.4. The maximum absolute atomic E-state index is 12.4. The zero-order valence-electron chi connectivity index (χ0n) is 15.4. The molecule has 1 aliphatic heterocycles. The van der Waals surface area contributed by atoms with Gasteiger partial charge in [-0.25, -0.2) is 4.79 Å². The van der Waals surface area contributed by atoms with Gasteiger partial charge in [0.1, 0.15) is 6.07 Å². The second kappa shape index (κ2) is 7.99. The van der Waals surface area contributed by atoms with E-state index in [2.05, 4.69) is 26.2 Å². The number of anilines is 2. The number of H-pyrrole nitrogens is 1. The molecule has 1 amide bonds. The quantitative estimate of drug-likeness (QED) is 0.683. The highest BCUT2D eigenvalue weighted by Gasteiger charge is 2.20. The Morgan fingerprint density at radius 2 is 2.00 bits per heavy atom. The molecule has 148 valence electrons. The van der Waals surface area contributed by atoms with Gasteiger partial charge in [-0.05, 0) is 30.3 Å². The molecular weight excluding hydrogens is 394 g/mol. The number of fused-ring (bicyclic) bond motifs is 1. The van der Waals surface area contributed by atoms with Crippen molar-refractivity contribution in [3.8, 4) is 6.07 Å². The van der Waals surface area contributed by atoms with Crippen molar-refractivity contribution in [2.45, 2.75) is 0 Å². The maximum atomic E-state index is 12.4. The van der Waals surface area contributed by atoms with Gasteiger partial charge in [0, 0.05) is 43.6 Å². The summed E-state index contributed by atoms with van der Waals surface area (Å²) in [6, 6.07) is 12.6.